The molecule has 0 aromatic heterocycles. The molecule has 0 fully saturated rings. The minimum Gasteiger partial charge on any atom is -0.507 e. The van der Waals surface area contributed by atoms with Crippen molar-refractivity contribution < 1.29 is 14.6 Å². The number of aromatic hydroxyl groups is 1. The van der Waals surface area contributed by atoms with Crippen LogP contribution in [0.5, 0.6) is 11.5 Å². The second kappa shape index (κ2) is 9.95. The van der Waals surface area contributed by atoms with Crippen LogP contribution in [0.3, 0.4) is 0 Å². The smallest absolute Gasteiger partial charge is 0.122 e. The Morgan fingerprint density at radius 1 is 1.18 bits per heavy atom. The molecule has 1 heterocycles. The van der Waals surface area contributed by atoms with Crippen LogP contribution in [0.25, 0.3) is 6.08 Å². The normalized spacial score (nSPS) is 16.7. The van der Waals surface area contributed by atoms with Gasteiger partial charge in [-0.1, -0.05) is 67.6 Å². The minimum absolute atomic E-state index is 0.0474. The summed E-state index contributed by atoms with van der Waals surface area (Å²) < 4.78 is 11.8. The highest BCUT2D eigenvalue weighted by Gasteiger charge is 2.22. The molecule has 2 aromatic rings. The lowest BCUT2D eigenvalue weighted by Gasteiger charge is -2.18. The molecule has 0 radical (unpaired) electrons. The number of para-hydroxylation sites is 2. The molecule has 0 saturated heterocycles. The van der Waals surface area contributed by atoms with Gasteiger partial charge in [-0.05, 0) is 48.6 Å². The molecule has 1 aliphatic rings. The van der Waals surface area contributed by atoms with E-state index in [4.69, 9.17) is 9.47 Å². The van der Waals surface area contributed by atoms with E-state index in [9.17, 15) is 5.11 Å². The van der Waals surface area contributed by atoms with Crippen molar-refractivity contribution in [2.45, 2.75) is 32.3 Å². The number of phenolic OH excluding ortho intramolecular Hbond substituents is 1. The van der Waals surface area contributed by atoms with Gasteiger partial charge in [0.15, 0.2) is 0 Å². The summed E-state index contributed by atoms with van der Waals surface area (Å²) in [6, 6.07) is 17.2. The first-order valence-electron chi connectivity index (χ1n) is 9.82. The van der Waals surface area contributed by atoms with Crippen LogP contribution >= 0.6 is 0 Å². The fourth-order valence-corrected chi connectivity index (χ4v) is 3.35. The van der Waals surface area contributed by atoms with E-state index in [1.165, 1.54) is 5.57 Å². The molecular weight excluding hydrogens is 348 g/mol. The molecule has 146 valence electrons. The molecule has 3 nitrogen and oxygen atoms in total. The molecule has 2 aromatic carbocycles. The largest absolute Gasteiger partial charge is 0.507 e. The maximum Gasteiger partial charge on any atom is 0.122 e. The zero-order valence-corrected chi connectivity index (χ0v) is 16.4. The Morgan fingerprint density at radius 3 is 2.68 bits per heavy atom. The van der Waals surface area contributed by atoms with Crippen LogP contribution in [0.15, 0.2) is 84.0 Å². The molecule has 3 rings (SSSR count). The molecular formula is C25H28O3. The highest BCUT2D eigenvalue weighted by Crippen LogP contribution is 2.29. The second-order valence-electron chi connectivity index (χ2n) is 6.94. The Morgan fingerprint density at radius 2 is 1.93 bits per heavy atom. The number of benzene rings is 2. The van der Waals surface area contributed by atoms with Crippen molar-refractivity contribution in [3.05, 3.63) is 89.5 Å². The van der Waals surface area contributed by atoms with Gasteiger partial charge in [-0.3, -0.25) is 0 Å². The summed E-state index contributed by atoms with van der Waals surface area (Å²) in [4.78, 5) is 0. The number of rotatable bonds is 9. The van der Waals surface area contributed by atoms with Gasteiger partial charge in [0.25, 0.3) is 0 Å². The quantitative estimate of drug-likeness (QED) is 0.590. The van der Waals surface area contributed by atoms with E-state index in [-0.39, 0.29) is 6.10 Å². The molecule has 0 saturated carbocycles. The third kappa shape index (κ3) is 5.37. The van der Waals surface area contributed by atoms with Crippen LogP contribution in [-0.4, -0.2) is 24.4 Å². The number of allylic oxidation sites excluding steroid dienone is 1. The topological polar surface area (TPSA) is 38.7 Å². The van der Waals surface area contributed by atoms with Crippen molar-refractivity contribution in [2.24, 2.45) is 0 Å². The van der Waals surface area contributed by atoms with Crippen molar-refractivity contribution in [2.75, 3.05) is 13.2 Å². The fourth-order valence-electron chi connectivity index (χ4n) is 3.35. The van der Waals surface area contributed by atoms with Crippen LogP contribution in [0, 0.1) is 0 Å². The zero-order valence-electron chi connectivity index (χ0n) is 16.4. The number of ether oxygens (including phenoxy) is 2. The van der Waals surface area contributed by atoms with Gasteiger partial charge in [-0.2, -0.15) is 0 Å². The molecule has 3 heteroatoms. The SMILES string of the molecule is C=C(COc1ccccc1)C1=CCOC1CC/C(=C/c1ccccc1O)CC. The van der Waals surface area contributed by atoms with Crippen LogP contribution in [-0.2, 0) is 4.74 Å². The van der Waals surface area contributed by atoms with Crippen molar-refractivity contribution in [1.82, 2.24) is 0 Å². The summed E-state index contributed by atoms with van der Waals surface area (Å²) >= 11 is 0. The van der Waals surface area contributed by atoms with Gasteiger partial charge < -0.3 is 14.6 Å². The average Bonchev–Trinajstić information content (AvgIpc) is 3.20. The predicted molar refractivity (Wildman–Crippen MR) is 115 cm³/mol. The molecule has 1 unspecified atom stereocenters. The van der Waals surface area contributed by atoms with E-state index in [0.29, 0.717) is 19.0 Å². The van der Waals surface area contributed by atoms with Crippen molar-refractivity contribution in [3.63, 3.8) is 0 Å². The summed E-state index contributed by atoms with van der Waals surface area (Å²) in [6.07, 6.45) is 6.99. The Hall–Kier alpha value is -2.78. The highest BCUT2D eigenvalue weighted by molar-refractivity contribution is 5.59. The first-order chi connectivity index (χ1) is 13.7. The third-order valence-corrected chi connectivity index (χ3v) is 4.99. The van der Waals surface area contributed by atoms with Gasteiger partial charge in [-0.15, -0.1) is 0 Å². The van der Waals surface area contributed by atoms with Crippen LogP contribution < -0.4 is 4.74 Å². The summed E-state index contributed by atoms with van der Waals surface area (Å²) in [5.74, 6) is 1.16. The van der Waals surface area contributed by atoms with Gasteiger partial charge in [0.1, 0.15) is 18.1 Å². The van der Waals surface area contributed by atoms with Gasteiger partial charge >= 0.3 is 0 Å². The number of hydrogen-bond acceptors (Lipinski definition) is 3. The number of hydrogen-bond donors (Lipinski definition) is 1. The lowest BCUT2D eigenvalue weighted by Crippen LogP contribution is -2.14. The van der Waals surface area contributed by atoms with Gasteiger partial charge in [-0.25, -0.2) is 0 Å². The van der Waals surface area contributed by atoms with E-state index < -0.39 is 0 Å². The summed E-state index contributed by atoms with van der Waals surface area (Å²) in [5, 5.41) is 10.00. The Kier molecular flexibility index (Phi) is 7.10. The average molecular weight is 376 g/mol. The molecule has 1 N–H and O–H groups in total. The summed E-state index contributed by atoms with van der Waals surface area (Å²) in [6.45, 7) is 7.43. The monoisotopic (exact) mass is 376 g/mol. The molecule has 0 aliphatic carbocycles. The third-order valence-electron chi connectivity index (χ3n) is 4.99. The molecule has 28 heavy (non-hydrogen) atoms. The maximum atomic E-state index is 10.00. The minimum atomic E-state index is 0.0474. The van der Waals surface area contributed by atoms with E-state index in [0.717, 1.165) is 41.7 Å². The van der Waals surface area contributed by atoms with Crippen molar-refractivity contribution in [3.8, 4) is 11.5 Å². The van der Waals surface area contributed by atoms with E-state index in [1.54, 1.807) is 6.07 Å². The predicted octanol–water partition coefficient (Wildman–Crippen LogP) is 5.93. The lowest BCUT2D eigenvalue weighted by molar-refractivity contribution is 0.116. The molecule has 0 spiro atoms. The van der Waals surface area contributed by atoms with Crippen molar-refractivity contribution >= 4 is 6.08 Å². The van der Waals surface area contributed by atoms with E-state index in [1.807, 2.05) is 48.5 Å². The molecule has 0 amide bonds. The lowest BCUT2D eigenvalue weighted by atomic mass is 9.96. The standard InChI is InChI=1S/C25H28O3/c1-3-20(17-21-9-7-8-12-24(21)26)13-14-25-23(15-16-27-25)19(2)18-28-22-10-5-4-6-11-22/h4-12,15,17,25-26H,2-3,13-14,16,18H2,1H3/b20-17+. The first-order valence-corrected chi connectivity index (χ1v) is 9.82. The first kappa shape index (κ1) is 20.0. The van der Waals surface area contributed by atoms with E-state index in [2.05, 4.69) is 25.7 Å². The fraction of sp³-hybridized carbons (Fsp3) is 0.280. The maximum absolute atomic E-state index is 10.00. The Bertz CT molecular complexity index is 849. The van der Waals surface area contributed by atoms with Gasteiger partial charge in [0.2, 0.25) is 0 Å². The van der Waals surface area contributed by atoms with Crippen LogP contribution in [0.1, 0.15) is 31.7 Å². The summed E-state index contributed by atoms with van der Waals surface area (Å²) in [5.41, 5.74) is 4.27. The Balaban J connectivity index is 1.56. The Labute approximate surface area is 167 Å². The highest BCUT2D eigenvalue weighted by atomic mass is 16.5. The van der Waals surface area contributed by atoms with Crippen LogP contribution in [0.4, 0.5) is 0 Å². The van der Waals surface area contributed by atoms with E-state index >= 15 is 0 Å². The number of phenols is 1. The van der Waals surface area contributed by atoms with Crippen LogP contribution in [0.2, 0.25) is 0 Å². The molecule has 1 aliphatic heterocycles. The van der Waals surface area contributed by atoms with Gasteiger partial charge in [0, 0.05) is 5.56 Å². The summed E-state index contributed by atoms with van der Waals surface area (Å²) in [7, 11) is 0. The molecule has 0 bridgehead atoms. The molecule has 1 atom stereocenters. The second-order valence-corrected chi connectivity index (χ2v) is 6.94. The van der Waals surface area contributed by atoms with Gasteiger partial charge in [0.05, 0.1) is 12.7 Å². The van der Waals surface area contributed by atoms with Crippen molar-refractivity contribution in [1.29, 1.82) is 0 Å². The zero-order chi connectivity index (χ0) is 19.8.